The van der Waals surface area contributed by atoms with Crippen molar-refractivity contribution in [3.8, 4) is 5.75 Å². The molecule has 2 aromatic rings. The number of ether oxygens (including phenoxy) is 1. The summed E-state index contributed by atoms with van der Waals surface area (Å²) in [5.74, 6) is 0.542. The molecule has 1 aromatic carbocycles. The molecule has 0 unspecified atom stereocenters. The molecule has 0 aliphatic heterocycles. The zero-order chi connectivity index (χ0) is 14.8. The minimum absolute atomic E-state index is 0.0894. The Balaban J connectivity index is 1.79. The van der Waals surface area contributed by atoms with Crippen LogP contribution in [-0.4, -0.2) is 23.2 Å². The highest BCUT2D eigenvalue weighted by atomic mass is 32.1. The number of hydrogen-bond donors (Lipinski definition) is 1. The minimum Gasteiger partial charge on any atom is -0.497 e. The molecule has 1 aliphatic rings. The third-order valence-corrected chi connectivity index (χ3v) is 4.63. The largest absolute Gasteiger partial charge is 0.497 e. The molecule has 5 heteroatoms. The monoisotopic (exact) mass is 303 g/mol. The van der Waals surface area contributed by atoms with Gasteiger partial charge in [-0.25, -0.2) is 4.98 Å². The molecule has 4 nitrogen and oxygen atoms in total. The Hall–Kier alpha value is -1.88. The molecular formula is C16H17NO3S. The Labute approximate surface area is 127 Å². The second-order valence-corrected chi connectivity index (χ2v) is 6.45. The van der Waals surface area contributed by atoms with Crippen molar-refractivity contribution in [2.75, 3.05) is 7.11 Å². The Morgan fingerprint density at radius 1 is 1.38 bits per heavy atom. The zero-order valence-electron chi connectivity index (χ0n) is 11.8. The number of thiazole rings is 1. The molecule has 0 atom stereocenters. The first-order chi connectivity index (χ1) is 10.2. The predicted octanol–water partition coefficient (Wildman–Crippen LogP) is 3.25. The molecule has 1 fully saturated rings. The summed E-state index contributed by atoms with van der Waals surface area (Å²) in [5.41, 5.74) is 2.18. The van der Waals surface area contributed by atoms with Crippen LogP contribution in [0.2, 0.25) is 0 Å². The van der Waals surface area contributed by atoms with Crippen molar-refractivity contribution in [3.63, 3.8) is 0 Å². The summed E-state index contributed by atoms with van der Waals surface area (Å²) in [6.45, 7) is 0. The molecular weight excluding hydrogens is 286 g/mol. The minimum atomic E-state index is -0.781. The van der Waals surface area contributed by atoms with Crippen LogP contribution in [0.5, 0.6) is 5.75 Å². The molecule has 1 aromatic heterocycles. The van der Waals surface area contributed by atoms with Crippen LogP contribution in [0.1, 0.15) is 39.9 Å². The van der Waals surface area contributed by atoms with Crippen molar-refractivity contribution < 1.29 is 14.6 Å². The lowest BCUT2D eigenvalue weighted by molar-refractivity contribution is -0.136. The van der Waals surface area contributed by atoms with Gasteiger partial charge in [-0.05, 0) is 30.5 Å². The molecule has 0 radical (unpaired) electrons. The first-order valence-corrected chi connectivity index (χ1v) is 7.80. The van der Waals surface area contributed by atoms with Crippen LogP contribution in [0.4, 0.5) is 0 Å². The van der Waals surface area contributed by atoms with E-state index in [1.54, 1.807) is 7.11 Å². The van der Waals surface area contributed by atoms with Gasteiger partial charge in [0.2, 0.25) is 0 Å². The van der Waals surface area contributed by atoms with Gasteiger partial charge in [-0.3, -0.25) is 4.79 Å². The van der Waals surface area contributed by atoms with Crippen molar-refractivity contribution in [1.82, 2.24) is 4.98 Å². The molecule has 3 rings (SSSR count). The average Bonchev–Trinajstić information content (AvgIpc) is 3.23. The van der Waals surface area contributed by atoms with Gasteiger partial charge in [-0.15, -0.1) is 11.3 Å². The normalized spacial score (nSPS) is 14.1. The second-order valence-electron chi connectivity index (χ2n) is 5.29. The molecule has 110 valence electrons. The molecule has 1 saturated carbocycles. The Morgan fingerprint density at radius 3 is 2.67 bits per heavy atom. The number of carboxylic acid groups (broad SMARTS) is 1. The third kappa shape index (κ3) is 3.42. The van der Waals surface area contributed by atoms with Crippen LogP contribution >= 0.6 is 11.3 Å². The molecule has 0 spiro atoms. The number of hydrogen-bond acceptors (Lipinski definition) is 4. The van der Waals surface area contributed by atoms with Crippen LogP contribution in [-0.2, 0) is 17.6 Å². The van der Waals surface area contributed by atoms with E-state index in [4.69, 9.17) is 9.84 Å². The first-order valence-electron chi connectivity index (χ1n) is 6.99. The third-order valence-electron chi connectivity index (χ3n) is 3.56. The lowest BCUT2D eigenvalue weighted by atomic mass is 10.1. The van der Waals surface area contributed by atoms with Crippen molar-refractivity contribution in [2.45, 2.75) is 31.6 Å². The van der Waals surface area contributed by atoms with Gasteiger partial charge in [0.05, 0.1) is 24.2 Å². The molecule has 1 heterocycles. The van der Waals surface area contributed by atoms with Gasteiger partial charge in [-0.2, -0.15) is 0 Å². The van der Waals surface area contributed by atoms with E-state index in [-0.39, 0.29) is 6.42 Å². The van der Waals surface area contributed by atoms with Gasteiger partial charge < -0.3 is 9.84 Å². The lowest BCUT2D eigenvalue weighted by Crippen LogP contribution is -2.00. The van der Waals surface area contributed by atoms with E-state index in [1.165, 1.54) is 11.3 Å². The van der Waals surface area contributed by atoms with Crippen molar-refractivity contribution >= 4 is 17.3 Å². The van der Waals surface area contributed by atoms with Crippen LogP contribution in [0.3, 0.4) is 0 Å². The van der Waals surface area contributed by atoms with E-state index in [9.17, 15) is 4.79 Å². The number of aliphatic carboxylic acids is 1. The van der Waals surface area contributed by atoms with Crippen molar-refractivity contribution in [3.05, 3.63) is 45.4 Å². The number of benzene rings is 1. The average molecular weight is 303 g/mol. The Kier molecular flexibility index (Phi) is 3.92. The maximum Gasteiger partial charge on any atom is 0.308 e. The SMILES string of the molecule is COc1ccc(Cc2nc(C3CC3)c(CC(=O)O)s2)cc1. The van der Waals surface area contributed by atoms with Gasteiger partial charge in [-0.1, -0.05) is 12.1 Å². The Bertz CT molecular complexity index is 644. The number of aromatic nitrogens is 1. The van der Waals surface area contributed by atoms with Crippen molar-refractivity contribution in [2.24, 2.45) is 0 Å². The van der Waals surface area contributed by atoms with E-state index in [0.29, 0.717) is 5.92 Å². The van der Waals surface area contributed by atoms with E-state index in [1.807, 2.05) is 24.3 Å². The van der Waals surface area contributed by atoms with Crippen LogP contribution in [0.25, 0.3) is 0 Å². The molecule has 0 saturated heterocycles. The summed E-state index contributed by atoms with van der Waals surface area (Å²) in [4.78, 5) is 16.6. The zero-order valence-corrected chi connectivity index (χ0v) is 12.7. The number of methoxy groups -OCH3 is 1. The highest BCUT2D eigenvalue weighted by Crippen LogP contribution is 2.43. The van der Waals surface area contributed by atoms with E-state index in [0.717, 1.165) is 46.2 Å². The summed E-state index contributed by atoms with van der Waals surface area (Å²) in [6.07, 6.45) is 3.11. The predicted molar refractivity (Wildman–Crippen MR) is 81.2 cm³/mol. The maximum absolute atomic E-state index is 11.0. The van der Waals surface area contributed by atoms with E-state index < -0.39 is 5.97 Å². The summed E-state index contributed by atoms with van der Waals surface area (Å²) < 4.78 is 5.15. The fraction of sp³-hybridized carbons (Fsp3) is 0.375. The number of carbonyl (C=O) groups is 1. The maximum atomic E-state index is 11.0. The van der Waals surface area contributed by atoms with E-state index in [2.05, 4.69) is 4.98 Å². The smallest absolute Gasteiger partial charge is 0.308 e. The fourth-order valence-corrected chi connectivity index (χ4v) is 3.53. The standard InChI is InChI=1S/C16H17NO3S/c1-20-12-6-2-10(3-7-12)8-14-17-16(11-4-5-11)13(21-14)9-15(18)19/h2-3,6-7,11H,4-5,8-9H2,1H3,(H,18,19). The summed E-state index contributed by atoms with van der Waals surface area (Å²) in [6, 6.07) is 7.91. The molecule has 1 aliphatic carbocycles. The lowest BCUT2D eigenvalue weighted by Gasteiger charge is -2.01. The van der Waals surface area contributed by atoms with Gasteiger partial charge in [0.1, 0.15) is 5.75 Å². The van der Waals surface area contributed by atoms with Crippen molar-refractivity contribution in [1.29, 1.82) is 0 Å². The quantitative estimate of drug-likeness (QED) is 0.890. The summed E-state index contributed by atoms with van der Waals surface area (Å²) in [7, 11) is 1.65. The molecule has 0 bridgehead atoms. The van der Waals surface area contributed by atoms with Crippen LogP contribution in [0.15, 0.2) is 24.3 Å². The topological polar surface area (TPSA) is 59.4 Å². The number of carboxylic acids is 1. The summed E-state index contributed by atoms with van der Waals surface area (Å²) >= 11 is 1.54. The number of rotatable bonds is 6. The number of nitrogens with zero attached hydrogens (tertiary/aromatic N) is 1. The van der Waals surface area contributed by atoms with Gasteiger partial charge in [0.15, 0.2) is 0 Å². The summed E-state index contributed by atoms with van der Waals surface area (Å²) in [5, 5.41) is 10.0. The second kappa shape index (κ2) is 5.85. The highest BCUT2D eigenvalue weighted by Gasteiger charge is 2.30. The van der Waals surface area contributed by atoms with Crippen LogP contribution in [0, 0.1) is 0 Å². The van der Waals surface area contributed by atoms with Gasteiger partial charge in [0, 0.05) is 17.2 Å². The van der Waals surface area contributed by atoms with E-state index >= 15 is 0 Å². The Morgan fingerprint density at radius 2 is 2.10 bits per heavy atom. The molecule has 1 N–H and O–H groups in total. The first kappa shape index (κ1) is 14.1. The van der Waals surface area contributed by atoms with Gasteiger partial charge >= 0.3 is 5.97 Å². The fourth-order valence-electron chi connectivity index (χ4n) is 2.35. The van der Waals surface area contributed by atoms with Gasteiger partial charge in [0.25, 0.3) is 0 Å². The highest BCUT2D eigenvalue weighted by molar-refractivity contribution is 7.11. The molecule has 0 amide bonds. The van der Waals surface area contributed by atoms with Crippen LogP contribution < -0.4 is 4.74 Å². The molecule has 21 heavy (non-hydrogen) atoms.